The van der Waals surface area contributed by atoms with Crippen LogP contribution in [0, 0.1) is 0 Å². The van der Waals surface area contributed by atoms with Crippen LogP contribution in [0.2, 0.25) is 0 Å². The van der Waals surface area contributed by atoms with Gasteiger partial charge in [0, 0.05) is 12.6 Å². The van der Waals surface area contributed by atoms with Crippen LogP contribution in [0.5, 0.6) is 0 Å². The predicted molar refractivity (Wildman–Crippen MR) is 104 cm³/mol. The summed E-state index contributed by atoms with van der Waals surface area (Å²) in [5.74, 6) is 0.508. The van der Waals surface area contributed by atoms with E-state index in [4.69, 9.17) is 9.15 Å². The van der Waals surface area contributed by atoms with Gasteiger partial charge in [-0.1, -0.05) is 36.4 Å². The first-order valence-corrected chi connectivity index (χ1v) is 8.98. The van der Waals surface area contributed by atoms with Crippen LogP contribution in [-0.4, -0.2) is 23.0 Å². The maximum atomic E-state index is 12.5. The zero-order valence-electron chi connectivity index (χ0n) is 16.1. The Kier molecular flexibility index (Phi) is 6.81. The van der Waals surface area contributed by atoms with E-state index in [0.717, 1.165) is 5.76 Å². The van der Waals surface area contributed by atoms with E-state index in [1.807, 2.05) is 57.2 Å². The van der Waals surface area contributed by atoms with Gasteiger partial charge >= 0.3 is 5.97 Å². The standard InChI is InChI=1S/C22H29NO3/c1-6-14-23(17(2)18-11-8-7-9-12-18)19(20-13-10-15-25-20)16-21(24)26-22(3,4)5/h6-13,15,17,19H,1,14,16H2,2-5H3/t17?,19-/m1/s1. The van der Waals surface area contributed by atoms with Crippen LogP contribution >= 0.6 is 0 Å². The van der Waals surface area contributed by atoms with Crippen LogP contribution in [-0.2, 0) is 9.53 Å². The number of nitrogens with zero attached hydrogens (tertiary/aromatic N) is 1. The molecule has 2 aromatic rings. The summed E-state index contributed by atoms with van der Waals surface area (Å²) >= 11 is 0. The van der Waals surface area contributed by atoms with Gasteiger partial charge in [0.25, 0.3) is 0 Å². The first-order valence-electron chi connectivity index (χ1n) is 8.98. The number of furan rings is 1. The van der Waals surface area contributed by atoms with E-state index >= 15 is 0 Å². The molecule has 0 saturated carbocycles. The van der Waals surface area contributed by atoms with Gasteiger partial charge in [-0.15, -0.1) is 6.58 Å². The zero-order chi connectivity index (χ0) is 19.2. The van der Waals surface area contributed by atoms with E-state index in [1.165, 1.54) is 5.56 Å². The molecule has 0 aliphatic heterocycles. The van der Waals surface area contributed by atoms with E-state index in [0.29, 0.717) is 6.54 Å². The lowest BCUT2D eigenvalue weighted by molar-refractivity contribution is -0.156. The van der Waals surface area contributed by atoms with Crippen molar-refractivity contribution in [2.45, 2.75) is 51.8 Å². The Morgan fingerprint density at radius 1 is 1.23 bits per heavy atom. The minimum absolute atomic E-state index is 0.0896. The highest BCUT2D eigenvalue weighted by molar-refractivity contribution is 5.70. The number of hydrogen-bond donors (Lipinski definition) is 0. The Morgan fingerprint density at radius 3 is 2.46 bits per heavy atom. The molecule has 4 nitrogen and oxygen atoms in total. The quantitative estimate of drug-likeness (QED) is 0.476. The summed E-state index contributed by atoms with van der Waals surface area (Å²) in [5.41, 5.74) is 0.661. The van der Waals surface area contributed by atoms with Gasteiger partial charge in [0.1, 0.15) is 11.4 Å². The summed E-state index contributed by atoms with van der Waals surface area (Å²) in [5, 5.41) is 0. The molecule has 1 aromatic heterocycles. The van der Waals surface area contributed by atoms with Crippen molar-refractivity contribution in [1.82, 2.24) is 4.90 Å². The van der Waals surface area contributed by atoms with Gasteiger partial charge in [0.15, 0.2) is 0 Å². The maximum absolute atomic E-state index is 12.5. The third-order valence-corrected chi connectivity index (χ3v) is 4.17. The lowest BCUT2D eigenvalue weighted by Gasteiger charge is -2.35. The number of esters is 1. The average Bonchev–Trinajstić information content (AvgIpc) is 3.11. The second-order valence-electron chi connectivity index (χ2n) is 7.39. The average molecular weight is 355 g/mol. The lowest BCUT2D eigenvalue weighted by atomic mass is 10.0. The fraction of sp³-hybridized carbons (Fsp3) is 0.409. The Bertz CT molecular complexity index is 686. The topological polar surface area (TPSA) is 42.7 Å². The van der Waals surface area contributed by atoms with E-state index in [-0.39, 0.29) is 24.5 Å². The third-order valence-electron chi connectivity index (χ3n) is 4.17. The van der Waals surface area contributed by atoms with E-state index < -0.39 is 5.60 Å². The number of rotatable bonds is 8. The second-order valence-corrected chi connectivity index (χ2v) is 7.39. The van der Waals surface area contributed by atoms with Crippen LogP contribution in [0.3, 0.4) is 0 Å². The molecule has 1 heterocycles. The largest absolute Gasteiger partial charge is 0.468 e. The highest BCUT2D eigenvalue weighted by atomic mass is 16.6. The molecule has 0 saturated heterocycles. The van der Waals surface area contributed by atoms with Crippen molar-refractivity contribution >= 4 is 5.97 Å². The lowest BCUT2D eigenvalue weighted by Crippen LogP contribution is -2.34. The number of carbonyl (C=O) groups excluding carboxylic acids is 1. The van der Waals surface area contributed by atoms with Crippen molar-refractivity contribution in [2.75, 3.05) is 6.54 Å². The molecule has 0 radical (unpaired) electrons. The van der Waals surface area contributed by atoms with Gasteiger partial charge in [-0.2, -0.15) is 0 Å². The van der Waals surface area contributed by atoms with E-state index in [1.54, 1.807) is 6.26 Å². The fourth-order valence-electron chi connectivity index (χ4n) is 3.03. The van der Waals surface area contributed by atoms with Crippen LogP contribution in [0.25, 0.3) is 0 Å². The highest BCUT2D eigenvalue weighted by Crippen LogP contribution is 2.33. The third kappa shape index (κ3) is 5.60. The molecule has 0 aliphatic carbocycles. The minimum atomic E-state index is -0.515. The van der Waals surface area contributed by atoms with Gasteiger partial charge < -0.3 is 9.15 Å². The molecule has 0 N–H and O–H groups in total. The highest BCUT2D eigenvalue weighted by Gasteiger charge is 2.31. The second kappa shape index (κ2) is 8.86. The Hall–Kier alpha value is -2.33. The van der Waals surface area contributed by atoms with Gasteiger partial charge in [0.2, 0.25) is 0 Å². The monoisotopic (exact) mass is 355 g/mol. The van der Waals surface area contributed by atoms with Crippen LogP contribution < -0.4 is 0 Å². The van der Waals surface area contributed by atoms with Crippen molar-refractivity contribution in [2.24, 2.45) is 0 Å². The summed E-state index contributed by atoms with van der Waals surface area (Å²) in [7, 11) is 0. The molecule has 0 bridgehead atoms. The van der Waals surface area contributed by atoms with Gasteiger partial charge in [-0.3, -0.25) is 9.69 Å². The van der Waals surface area contributed by atoms with Crippen LogP contribution in [0.4, 0.5) is 0 Å². The summed E-state index contributed by atoms with van der Waals surface area (Å²) < 4.78 is 11.2. The molecule has 0 aliphatic rings. The Morgan fingerprint density at radius 2 is 1.92 bits per heavy atom. The number of benzene rings is 1. The smallest absolute Gasteiger partial charge is 0.308 e. The molecule has 1 aromatic carbocycles. The normalized spacial score (nSPS) is 14.0. The van der Waals surface area contributed by atoms with Crippen molar-refractivity contribution in [3.8, 4) is 0 Å². The van der Waals surface area contributed by atoms with E-state index in [9.17, 15) is 4.79 Å². The fourth-order valence-corrected chi connectivity index (χ4v) is 3.03. The Balaban J connectivity index is 2.31. The van der Waals surface area contributed by atoms with Gasteiger partial charge in [-0.05, 0) is 45.4 Å². The predicted octanol–water partition coefficient (Wildman–Crippen LogP) is 5.30. The molecule has 2 rings (SSSR count). The van der Waals surface area contributed by atoms with E-state index in [2.05, 4.69) is 30.5 Å². The van der Waals surface area contributed by atoms with Crippen molar-refractivity contribution in [3.05, 3.63) is 72.7 Å². The molecule has 0 amide bonds. The van der Waals surface area contributed by atoms with Crippen LogP contribution in [0.15, 0.2) is 65.8 Å². The van der Waals surface area contributed by atoms with Gasteiger partial charge in [0.05, 0.1) is 18.7 Å². The molecule has 26 heavy (non-hydrogen) atoms. The van der Waals surface area contributed by atoms with Crippen molar-refractivity contribution in [1.29, 1.82) is 0 Å². The number of carbonyl (C=O) groups is 1. The molecule has 2 atom stereocenters. The first-order chi connectivity index (χ1) is 12.3. The molecule has 0 spiro atoms. The number of hydrogen-bond acceptors (Lipinski definition) is 4. The van der Waals surface area contributed by atoms with Crippen molar-refractivity contribution < 1.29 is 13.9 Å². The number of ether oxygens (including phenoxy) is 1. The molecule has 1 unspecified atom stereocenters. The first kappa shape index (κ1) is 20.0. The summed E-state index contributed by atoms with van der Waals surface area (Å²) in [6, 6.07) is 13.8. The zero-order valence-corrected chi connectivity index (χ0v) is 16.1. The maximum Gasteiger partial charge on any atom is 0.308 e. The van der Waals surface area contributed by atoms with Crippen LogP contribution in [0.1, 0.15) is 57.5 Å². The molecule has 4 heteroatoms. The molecular weight excluding hydrogens is 326 g/mol. The molecule has 0 fully saturated rings. The SMILES string of the molecule is C=CCN(C(C)c1ccccc1)[C@H](CC(=O)OC(C)(C)C)c1ccco1. The summed E-state index contributed by atoms with van der Waals surface area (Å²) in [6.45, 7) is 12.3. The molecular formula is C22H29NO3. The van der Waals surface area contributed by atoms with Gasteiger partial charge in [-0.25, -0.2) is 0 Å². The minimum Gasteiger partial charge on any atom is -0.468 e. The summed E-state index contributed by atoms with van der Waals surface area (Å²) in [4.78, 5) is 14.7. The van der Waals surface area contributed by atoms with Crippen molar-refractivity contribution in [3.63, 3.8) is 0 Å². The Labute approximate surface area is 156 Å². The molecule has 140 valence electrons. The summed E-state index contributed by atoms with van der Waals surface area (Å²) in [6.07, 6.45) is 3.71.